The Balaban J connectivity index is 2.74. The van der Waals surface area contributed by atoms with Crippen LogP contribution in [-0.2, 0) is 4.74 Å². The Morgan fingerprint density at radius 2 is 1.91 bits per heavy atom. The second-order valence-electron chi connectivity index (χ2n) is 7.42. The number of likely N-dealkylation sites (N-methyl/N-ethyl adjacent to an activating group) is 1. The Morgan fingerprint density at radius 1 is 1.32 bits per heavy atom. The summed E-state index contributed by atoms with van der Waals surface area (Å²) < 4.78 is 5.38. The molecule has 0 bridgehead atoms. The van der Waals surface area contributed by atoms with Crippen LogP contribution in [0.3, 0.4) is 0 Å². The van der Waals surface area contributed by atoms with Crippen molar-refractivity contribution in [1.29, 1.82) is 0 Å². The summed E-state index contributed by atoms with van der Waals surface area (Å²) in [6.45, 7) is 9.96. The van der Waals surface area contributed by atoms with Crippen molar-refractivity contribution in [2.75, 3.05) is 7.05 Å². The van der Waals surface area contributed by atoms with Crippen molar-refractivity contribution >= 4 is 6.09 Å². The molecule has 3 unspecified atom stereocenters. The highest BCUT2D eigenvalue weighted by atomic mass is 16.6. The van der Waals surface area contributed by atoms with E-state index in [1.807, 2.05) is 20.8 Å². The molecule has 3 atom stereocenters. The van der Waals surface area contributed by atoms with Gasteiger partial charge in [-0.15, -0.1) is 0 Å². The summed E-state index contributed by atoms with van der Waals surface area (Å²) >= 11 is 0. The lowest BCUT2D eigenvalue weighted by molar-refractivity contribution is 0.0181. The molecule has 0 aromatic heterocycles. The summed E-state index contributed by atoms with van der Waals surface area (Å²) in [5.74, 6) is 0. The third kappa shape index (κ3) is 5.76. The molecule has 130 valence electrons. The number of amides is 1. The molecule has 5 heteroatoms. The molecule has 0 aromatic carbocycles. The number of ether oxygens (including phenoxy) is 1. The van der Waals surface area contributed by atoms with Gasteiger partial charge in [0.2, 0.25) is 0 Å². The lowest BCUT2D eigenvalue weighted by atomic mass is 9.86. The van der Waals surface area contributed by atoms with E-state index in [1.54, 1.807) is 0 Å². The van der Waals surface area contributed by atoms with Gasteiger partial charge in [-0.2, -0.15) is 0 Å². The number of aliphatic hydroxyl groups excluding tert-OH is 1. The van der Waals surface area contributed by atoms with Gasteiger partial charge in [-0.05, 0) is 59.9 Å². The van der Waals surface area contributed by atoms with E-state index in [1.165, 1.54) is 0 Å². The average molecular weight is 314 g/mol. The molecule has 0 heterocycles. The van der Waals surface area contributed by atoms with Gasteiger partial charge < -0.3 is 15.2 Å². The Kier molecular flexibility index (Phi) is 7.13. The minimum Gasteiger partial charge on any atom is -0.444 e. The predicted molar refractivity (Wildman–Crippen MR) is 88.9 cm³/mol. The first-order valence-corrected chi connectivity index (χ1v) is 8.57. The minimum atomic E-state index is -0.491. The molecule has 22 heavy (non-hydrogen) atoms. The van der Waals surface area contributed by atoms with Gasteiger partial charge in [0.25, 0.3) is 0 Å². The van der Waals surface area contributed by atoms with Gasteiger partial charge in [-0.3, -0.25) is 4.90 Å². The number of carbonyl (C=O) groups is 1. The number of nitrogens with zero attached hydrogens (tertiary/aromatic N) is 1. The monoisotopic (exact) mass is 314 g/mol. The predicted octanol–water partition coefficient (Wildman–Crippen LogP) is 2.91. The summed E-state index contributed by atoms with van der Waals surface area (Å²) in [5, 5.41) is 13.0. The molecule has 0 aliphatic heterocycles. The molecule has 1 aliphatic carbocycles. The third-order valence-corrected chi connectivity index (χ3v) is 4.53. The maximum atomic E-state index is 12.1. The van der Waals surface area contributed by atoms with Crippen molar-refractivity contribution in [1.82, 2.24) is 10.2 Å². The van der Waals surface area contributed by atoms with Crippen molar-refractivity contribution < 1.29 is 14.6 Å². The first-order valence-electron chi connectivity index (χ1n) is 8.57. The summed E-state index contributed by atoms with van der Waals surface area (Å²) in [5.41, 5.74) is -0.491. The van der Waals surface area contributed by atoms with Gasteiger partial charge in [0.05, 0.1) is 6.10 Å². The van der Waals surface area contributed by atoms with E-state index in [0.717, 1.165) is 25.7 Å². The van der Waals surface area contributed by atoms with Crippen molar-refractivity contribution in [2.45, 2.75) is 96.6 Å². The second kappa shape index (κ2) is 8.16. The van der Waals surface area contributed by atoms with Gasteiger partial charge in [0, 0.05) is 18.1 Å². The maximum absolute atomic E-state index is 12.1. The molecule has 1 rings (SSSR count). The van der Waals surface area contributed by atoms with Gasteiger partial charge in [-0.25, -0.2) is 4.79 Å². The smallest absolute Gasteiger partial charge is 0.407 e. The van der Waals surface area contributed by atoms with Crippen molar-refractivity contribution in [3.05, 3.63) is 0 Å². The van der Waals surface area contributed by atoms with Crippen LogP contribution in [0, 0.1) is 0 Å². The van der Waals surface area contributed by atoms with Crippen LogP contribution < -0.4 is 5.32 Å². The lowest BCUT2D eigenvalue weighted by Crippen LogP contribution is -2.57. The van der Waals surface area contributed by atoms with Crippen LogP contribution in [0.25, 0.3) is 0 Å². The van der Waals surface area contributed by atoms with Gasteiger partial charge >= 0.3 is 6.09 Å². The van der Waals surface area contributed by atoms with Crippen LogP contribution >= 0.6 is 0 Å². The Morgan fingerprint density at radius 3 is 2.41 bits per heavy atom. The number of hydrogen-bond donors (Lipinski definition) is 2. The number of carbonyl (C=O) groups excluding carboxylic acids is 1. The number of alkyl carbamates (subject to hydrolysis) is 1. The molecule has 1 saturated carbocycles. The highest BCUT2D eigenvalue weighted by Gasteiger charge is 2.35. The van der Waals surface area contributed by atoms with Crippen LogP contribution in [0.15, 0.2) is 0 Å². The van der Waals surface area contributed by atoms with Crippen LogP contribution in [0.1, 0.15) is 66.7 Å². The molecular formula is C17H34N2O3. The first-order chi connectivity index (χ1) is 10.2. The van der Waals surface area contributed by atoms with E-state index in [0.29, 0.717) is 12.5 Å². The minimum absolute atomic E-state index is 0.0313. The average Bonchev–Trinajstić information content (AvgIpc) is 2.40. The zero-order chi connectivity index (χ0) is 16.9. The van der Waals surface area contributed by atoms with Gasteiger partial charge in [0.15, 0.2) is 0 Å². The van der Waals surface area contributed by atoms with Crippen molar-refractivity contribution in [3.63, 3.8) is 0 Å². The zero-order valence-corrected chi connectivity index (χ0v) is 15.1. The molecule has 2 N–H and O–H groups in total. The van der Waals surface area contributed by atoms with E-state index in [9.17, 15) is 9.90 Å². The quantitative estimate of drug-likeness (QED) is 0.819. The van der Waals surface area contributed by atoms with E-state index in [-0.39, 0.29) is 24.3 Å². The van der Waals surface area contributed by atoms with Crippen molar-refractivity contribution in [2.24, 2.45) is 0 Å². The Bertz CT molecular complexity index is 350. The van der Waals surface area contributed by atoms with E-state index < -0.39 is 5.60 Å². The van der Waals surface area contributed by atoms with Crippen LogP contribution in [0.2, 0.25) is 0 Å². The largest absolute Gasteiger partial charge is 0.444 e. The van der Waals surface area contributed by atoms with Gasteiger partial charge in [0.1, 0.15) is 5.60 Å². The number of nitrogens with one attached hydrogen (secondary N) is 1. The molecule has 1 fully saturated rings. The summed E-state index contributed by atoms with van der Waals surface area (Å²) in [6, 6.07) is 0.656. The van der Waals surface area contributed by atoms with Gasteiger partial charge in [-0.1, -0.05) is 13.8 Å². The highest BCUT2D eigenvalue weighted by molar-refractivity contribution is 5.68. The molecule has 1 amide bonds. The summed E-state index contributed by atoms with van der Waals surface area (Å²) in [6.07, 6.45) is 3.71. The lowest BCUT2D eigenvalue weighted by Gasteiger charge is -2.43. The molecule has 1 aliphatic rings. The molecule has 5 nitrogen and oxygen atoms in total. The summed E-state index contributed by atoms with van der Waals surface area (Å²) in [4.78, 5) is 14.4. The molecular weight excluding hydrogens is 280 g/mol. The standard InChI is InChI=1S/C17H34N2O3/c1-7-12(8-2)19(6)15-11-13(20)9-10-14(15)18-16(21)22-17(3,4)5/h12-15,20H,7-11H2,1-6H3,(H,18,21). The van der Waals surface area contributed by atoms with Crippen LogP contribution in [0.4, 0.5) is 4.79 Å². The van der Waals surface area contributed by atoms with E-state index in [2.05, 4.69) is 31.1 Å². The topological polar surface area (TPSA) is 61.8 Å². The van der Waals surface area contributed by atoms with Crippen LogP contribution in [0.5, 0.6) is 0 Å². The second-order valence-corrected chi connectivity index (χ2v) is 7.42. The third-order valence-electron chi connectivity index (χ3n) is 4.53. The number of rotatable bonds is 5. The van der Waals surface area contributed by atoms with Crippen LogP contribution in [-0.4, -0.2) is 53.0 Å². The van der Waals surface area contributed by atoms with Crippen molar-refractivity contribution in [3.8, 4) is 0 Å². The molecule has 0 spiro atoms. The normalized spacial score (nSPS) is 26.3. The molecule has 0 saturated heterocycles. The first kappa shape index (κ1) is 19.2. The maximum Gasteiger partial charge on any atom is 0.407 e. The fraction of sp³-hybridized carbons (Fsp3) is 0.941. The van der Waals surface area contributed by atoms with E-state index >= 15 is 0 Å². The zero-order valence-electron chi connectivity index (χ0n) is 15.1. The SMILES string of the molecule is CCC(CC)N(C)C1CC(O)CCC1NC(=O)OC(C)(C)C. The number of aliphatic hydroxyl groups is 1. The molecule has 0 radical (unpaired) electrons. The Labute approximate surface area is 135 Å². The summed E-state index contributed by atoms with van der Waals surface area (Å²) in [7, 11) is 2.10. The fourth-order valence-corrected chi connectivity index (χ4v) is 3.34. The molecule has 0 aromatic rings. The highest BCUT2D eigenvalue weighted by Crippen LogP contribution is 2.26. The fourth-order valence-electron chi connectivity index (χ4n) is 3.34. The van der Waals surface area contributed by atoms with E-state index in [4.69, 9.17) is 4.74 Å². The number of hydrogen-bond acceptors (Lipinski definition) is 4. The Hall–Kier alpha value is -0.810.